The molecular formula is C18H27IN4O3. The topological polar surface area (TPSA) is 83.0 Å². The first kappa shape index (κ1) is 19.6. The zero-order valence-electron chi connectivity index (χ0n) is 15.0. The molecule has 8 heteroatoms. The SMILES string of the molecule is CN=C(NCCN1C(=O)C2C3C=CC(C3)C2C1=O)NCC1CCOC1.I. The molecule has 3 fully saturated rings. The van der Waals surface area contributed by atoms with E-state index < -0.39 is 0 Å². The number of allylic oxidation sites excluding steroid dienone is 2. The Morgan fingerprint density at radius 1 is 1.23 bits per heavy atom. The molecule has 2 aliphatic heterocycles. The van der Waals surface area contributed by atoms with Crippen LogP contribution in [0.2, 0.25) is 0 Å². The van der Waals surface area contributed by atoms with E-state index in [1.807, 2.05) is 0 Å². The number of amides is 2. The molecule has 1 saturated carbocycles. The van der Waals surface area contributed by atoms with Crippen molar-refractivity contribution in [3.05, 3.63) is 12.2 Å². The number of likely N-dealkylation sites (tertiary alicyclic amines) is 1. The molecule has 4 rings (SSSR count). The van der Waals surface area contributed by atoms with Crippen LogP contribution >= 0.6 is 24.0 Å². The standard InChI is InChI=1S/C18H26N4O3.HI/c1-19-18(21-9-11-4-7-25-10-11)20-5-6-22-16(23)14-12-2-3-13(8-12)15(14)17(22)24;/h2-3,11-15H,4-10H2,1H3,(H2,19,20,21);1H. The first-order valence-electron chi connectivity index (χ1n) is 9.25. The summed E-state index contributed by atoms with van der Waals surface area (Å²) in [5.74, 6) is 1.57. The van der Waals surface area contributed by atoms with Gasteiger partial charge in [0.2, 0.25) is 11.8 Å². The van der Waals surface area contributed by atoms with Gasteiger partial charge in [-0.3, -0.25) is 19.5 Å². The van der Waals surface area contributed by atoms with Crippen molar-refractivity contribution in [3.63, 3.8) is 0 Å². The molecule has 2 N–H and O–H groups in total. The van der Waals surface area contributed by atoms with E-state index in [0.29, 0.717) is 25.0 Å². The van der Waals surface area contributed by atoms with Gasteiger partial charge < -0.3 is 15.4 Å². The van der Waals surface area contributed by atoms with E-state index in [1.165, 1.54) is 4.90 Å². The molecular weight excluding hydrogens is 447 g/mol. The maximum atomic E-state index is 12.6. The molecule has 2 amide bonds. The molecule has 144 valence electrons. The Labute approximate surface area is 171 Å². The number of carbonyl (C=O) groups is 2. The maximum Gasteiger partial charge on any atom is 0.233 e. The van der Waals surface area contributed by atoms with E-state index in [0.717, 1.165) is 32.6 Å². The van der Waals surface area contributed by atoms with Gasteiger partial charge in [-0.25, -0.2) is 0 Å². The Hall–Kier alpha value is -1.16. The van der Waals surface area contributed by atoms with Crippen molar-refractivity contribution < 1.29 is 14.3 Å². The number of hydrogen-bond donors (Lipinski definition) is 2. The third-order valence-corrected chi connectivity index (χ3v) is 6.00. The summed E-state index contributed by atoms with van der Waals surface area (Å²) in [6, 6.07) is 0. The van der Waals surface area contributed by atoms with Crippen molar-refractivity contribution in [3.8, 4) is 0 Å². The summed E-state index contributed by atoms with van der Waals surface area (Å²) >= 11 is 0. The van der Waals surface area contributed by atoms with Crippen LogP contribution in [-0.4, -0.2) is 62.6 Å². The molecule has 2 saturated heterocycles. The lowest BCUT2D eigenvalue weighted by molar-refractivity contribution is -0.140. The van der Waals surface area contributed by atoms with Gasteiger partial charge in [0.15, 0.2) is 5.96 Å². The molecule has 26 heavy (non-hydrogen) atoms. The van der Waals surface area contributed by atoms with Crippen LogP contribution < -0.4 is 10.6 Å². The van der Waals surface area contributed by atoms with Gasteiger partial charge in [-0.05, 0) is 24.7 Å². The molecule has 2 bridgehead atoms. The molecule has 4 aliphatic rings. The van der Waals surface area contributed by atoms with Gasteiger partial charge in [0.1, 0.15) is 0 Å². The molecule has 0 aromatic carbocycles. The summed E-state index contributed by atoms with van der Waals surface area (Å²) in [6.07, 6.45) is 6.29. The van der Waals surface area contributed by atoms with Gasteiger partial charge in [0.05, 0.1) is 18.4 Å². The van der Waals surface area contributed by atoms with E-state index in [4.69, 9.17) is 4.74 Å². The second-order valence-corrected chi connectivity index (χ2v) is 7.44. The van der Waals surface area contributed by atoms with Crippen molar-refractivity contribution in [1.29, 1.82) is 0 Å². The number of aliphatic imine (C=N–C) groups is 1. The van der Waals surface area contributed by atoms with Crippen molar-refractivity contribution >= 4 is 41.8 Å². The van der Waals surface area contributed by atoms with Gasteiger partial charge >= 0.3 is 0 Å². The third kappa shape index (κ3) is 3.49. The minimum Gasteiger partial charge on any atom is -0.381 e. The van der Waals surface area contributed by atoms with Gasteiger partial charge in [0.25, 0.3) is 0 Å². The molecule has 0 radical (unpaired) electrons. The van der Waals surface area contributed by atoms with Crippen LogP contribution in [-0.2, 0) is 14.3 Å². The fourth-order valence-corrected chi connectivity index (χ4v) is 4.68. The van der Waals surface area contributed by atoms with E-state index in [-0.39, 0.29) is 59.5 Å². The second-order valence-electron chi connectivity index (χ2n) is 7.44. The molecule has 2 heterocycles. The lowest BCUT2D eigenvalue weighted by atomic mass is 9.85. The van der Waals surface area contributed by atoms with Crippen LogP contribution in [0, 0.1) is 29.6 Å². The van der Waals surface area contributed by atoms with Crippen LogP contribution in [0.3, 0.4) is 0 Å². The predicted octanol–water partition coefficient (Wildman–Crippen LogP) is 0.613. The normalized spacial score (nSPS) is 35.0. The number of halogens is 1. The fraction of sp³-hybridized carbons (Fsp3) is 0.722. The zero-order chi connectivity index (χ0) is 17.4. The number of carbonyl (C=O) groups excluding carboxylic acids is 2. The van der Waals surface area contributed by atoms with Crippen molar-refractivity contribution in [2.24, 2.45) is 34.6 Å². The van der Waals surface area contributed by atoms with Crippen molar-refractivity contribution in [1.82, 2.24) is 15.5 Å². The molecule has 5 unspecified atom stereocenters. The van der Waals surface area contributed by atoms with Crippen molar-refractivity contribution in [2.75, 3.05) is 39.9 Å². The average Bonchev–Trinajstić information content (AvgIpc) is 3.38. The second kappa shape index (κ2) is 8.24. The molecule has 5 atom stereocenters. The van der Waals surface area contributed by atoms with E-state index in [2.05, 4.69) is 27.8 Å². The fourth-order valence-electron chi connectivity index (χ4n) is 4.68. The minimum absolute atomic E-state index is 0. The Balaban J connectivity index is 0.00000196. The quantitative estimate of drug-likeness (QED) is 0.201. The Morgan fingerprint density at radius 2 is 1.92 bits per heavy atom. The highest BCUT2D eigenvalue weighted by Gasteiger charge is 2.58. The number of nitrogens with one attached hydrogen (secondary N) is 2. The number of hydrogen-bond acceptors (Lipinski definition) is 4. The molecule has 0 aromatic heterocycles. The third-order valence-electron chi connectivity index (χ3n) is 6.00. The lowest BCUT2D eigenvalue weighted by Gasteiger charge is -2.19. The molecule has 0 spiro atoms. The van der Waals surface area contributed by atoms with Crippen molar-refractivity contribution in [2.45, 2.75) is 12.8 Å². The van der Waals surface area contributed by atoms with Crippen LogP contribution in [0.4, 0.5) is 0 Å². The van der Waals surface area contributed by atoms with Crippen LogP contribution in [0.15, 0.2) is 17.1 Å². The summed E-state index contributed by atoms with van der Waals surface area (Å²) < 4.78 is 5.37. The largest absolute Gasteiger partial charge is 0.381 e. The first-order chi connectivity index (χ1) is 12.2. The number of ether oxygens (including phenoxy) is 1. The zero-order valence-corrected chi connectivity index (χ0v) is 17.3. The number of fused-ring (bicyclic) bond motifs is 5. The van der Waals surface area contributed by atoms with Crippen LogP contribution in [0.1, 0.15) is 12.8 Å². The number of guanidine groups is 1. The van der Waals surface area contributed by atoms with E-state index in [1.54, 1.807) is 7.05 Å². The Bertz CT molecular complexity index is 588. The lowest BCUT2D eigenvalue weighted by Crippen LogP contribution is -2.44. The highest BCUT2D eigenvalue weighted by Crippen LogP contribution is 2.52. The highest BCUT2D eigenvalue weighted by molar-refractivity contribution is 14.0. The number of rotatable bonds is 5. The number of imide groups is 1. The Morgan fingerprint density at radius 3 is 2.50 bits per heavy atom. The molecule has 7 nitrogen and oxygen atoms in total. The summed E-state index contributed by atoms with van der Waals surface area (Å²) in [6.45, 7) is 3.36. The molecule has 0 aromatic rings. The number of nitrogens with zero attached hydrogens (tertiary/aromatic N) is 2. The molecule has 2 aliphatic carbocycles. The van der Waals surface area contributed by atoms with Gasteiger partial charge in [0, 0.05) is 39.2 Å². The van der Waals surface area contributed by atoms with Gasteiger partial charge in [-0.1, -0.05) is 12.2 Å². The predicted molar refractivity (Wildman–Crippen MR) is 108 cm³/mol. The highest BCUT2D eigenvalue weighted by atomic mass is 127. The van der Waals surface area contributed by atoms with Gasteiger partial charge in [-0.15, -0.1) is 24.0 Å². The first-order valence-corrected chi connectivity index (χ1v) is 9.25. The van der Waals surface area contributed by atoms with Crippen LogP contribution in [0.25, 0.3) is 0 Å². The maximum absolute atomic E-state index is 12.6. The average molecular weight is 474 g/mol. The summed E-state index contributed by atoms with van der Waals surface area (Å²) in [7, 11) is 1.72. The monoisotopic (exact) mass is 474 g/mol. The van der Waals surface area contributed by atoms with E-state index in [9.17, 15) is 9.59 Å². The summed E-state index contributed by atoms with van der Waals surface area (Å²) in [5.41, 5.74) is 0. The minimum atomic E-state index is -0.109. The smallest absolute Gasteiger partial charge is 0.233 e. The summed E-state index contributed by atoms with van der Waals surface area (Å²) in [5, 5.41) is 6.49. The van der Waals surface area contributed by atoms with Gasteiger partial charge in [-0.2, -0.15) is 0 Å². The van der Waals surface area contributed by atoms with Crippen LogP contribution in [0.5, 0.6) is 0 Å². The Kier molecular flexibility index (Phi) is 6.21. The summed E-state index contributed by atoms with van der Waals surface area (Å²) in [4.78, 5) is 30.9. The van der Waals surface area contributed by atoms with E-state index >= 15 is 0 Å².